The fourth-order valence-electron chi connectivity index (χ4n) is 6.32. The molecule has 0 fully saturated rings. The molecule has 0 unspecified atom stereocenters. The molecule has 58 heavy (non-hydrogen) atoms. The van der Waals surface area contributed by atoms with Crippen molar-refractivity contribution in [2.24, 2.45) is 0 Å². The number of ether oxygens (including phenoxy) is 1. The number of hydrogen-bond donors (Lipinski definition) is 0. The second-order valence-corrected chi connectivity index (χ2v) is 17.3. The zero-order chi connectivity index (χ0) is 42.5. The Morgan fingerprint density at radius 1 is 0.569 bits per heavy atom. The Labute approximate surface area is 325 Å². The summed E-state index contributed by atoms with van der Waals surface area (Å²) >= 11 is 0. The number of ketones is 2. The first-order valence-corrected chi connectivity index (χ1v) is 20.5. The van der Waals surface area contributed by atoms with Crippen LogP contribution >= 0.6 is 0 Å². The number of benzene rings is 6. The van der Waals surface area contributed by atoms with Crippen LogP contribution in [0.1, 0.15) is 48.5 Å². The molecule has 0 saturated heterocycles. The minimum atomic E-state index is -5.17. The number of fused-ring (bicyclic) bond motifs is 2. The summed E-state index contributed by atoms with van der Waals surface area (Å²) in [6.45, 7) is 0. The summed E-state index contributed by atoms with van der Waals surface area (Å²) < 4.78 is 138. The number of halogens is 6. The van der Waals surface area contributed by atoms with Crippen LogP contribution in [0.2, 0.25) is 0 Å². The number of sulfone groups is 2. The first-order valence-electron chi connectivity index (χ1n) is 16.7. The lowest BCUT2D eigenvalue weighted by molar-refractivity contribution is -0.158. The fraction of sp³-hybridized carbons (Fsp3) is 0.122. The van der Waals surface area contributed by atoms with Crippen LogP contribution in [-0.2, 0) is 53.0 Å². The normalized spacial score (nSPS) is 12.1. The van der Waals surface area contributed by atoms with Crippen LogP contribution < -0.4 is 0 Å². The number of esters is 2. The van der Waals surface area contributed by atoms with Gasteiger partial charge in [-0.1, -0.05) is 24.3 Å². The summed E-state index contributed by atoms with van der Waals surface area (Å²) in [5.74, 6) is -7.06. The van der Waals surface area contributed by atoms with Crippen LogP contribution in [0.25, 0.3) is 21.5 Å². The third kappa shape index (κ3) is 8.84. The monoisotopic (exact) mass is 840 g/mol. The molecule has 0 aliphatic heterocycles. The summed E-state index contributed by atoms with van der Waals surface area (Å²) in [4.78, 5) is 51.9. The van der Waals surface area contributed by atoms with Gasteiger partial charge in [-0.2, -0.15) is 13.2 Å². The molecule has 0 radical (unpaired) electrons. The van der Waals surface area contributed by atoms with Crippen LogP contribution in [0, 0.1) is 17.5 Å². The smallest absolute Gasteiger partial charge is 0.393 e. The lowest BCUT2D eigenvalue weighted by Crippen LogP contribution is -2.17. The molecule has 0 heterocycles. The molecule has 0 saturated carbocycles. The van der Waals surface area contributed by atoms with E-state index in [0.717, 1.165) is 60.9 Å². The molecule has 0 spiro atoms. The standard InChI is InChI=1S/C41H26F6O9S2/c1-57(52,53)28-8-9-29(35(44)20-28)40(51)33-14-22(12-24-4-7-27(43)19-31(24)33)16-38(49)56-37(48)15-21-11-23-3-6-26(42)18-30(23)32(13-21)39(50)25-5-10-36(58(2,54)55)34(17-25)41(45,46)47/h3-14,17-20H,15-16H2,1-2H3. The van der Waals surface area contributed by atoms with E-state index in [9.17, 15) is 58.0 Å². The molecule has 0 N–H and O–H groups in total. The fourth-order valence-corrected chi connectivity index (χ4v) is 7.85. The van der Waals surface area contributed by atoms with Crippen LogP contribution in [0.3, 0.4) is 0 Å². The van der Waals surface area contributed by atoms with Gasteiger partial charge in [0.1, 0.15) is 17.5 Å². The van der Waals surface area contributed by atoms with Crippen LogP contribution in [0.15, 0.2) is 107 Å². The molecule has 0 bridgehead atoms. The highest BCUT2D eigenvalue weighted by Crippen LogP contribution is 2.36. The maximum Gasteiger partial charge on any atom is 0.417 e. The van der Waals surface area contributed by atoms with Crippen molar-refractivity contribution in [2.45, 2.75) is 28.8 Å². The maximum atomic E-state index is 15.0. The van der Waals surface area contributed by atoms with E-state index in [0.29, 0.717) is 24.5 Å². The van der Waals surface area contributed by atoms with Gasteiger partial charge in [-0.05, 0) is 105 Å². The lowest BCUT2D eigenvalue weighted by atomic mass is 9.93. The maximum absolute atomic E-state index is 15.0. The van der Waals surface area contributed by atoms with Crippen molar-refractivity contribution in [1.29, 1.82) is 0 Å². The van der Waals surface area contributed by atoms with E-state index in [1.54, 1.807) is 0 Å². The lowest BCUT2D eigenvalue weighted by Gasteiger charge is -2.14. The van der Waals surface area contributed by atoms with Crippen LogP contribution in [0.5, 0.6) is 0 Å². The van der Waals surface area contributed by atoms with E-state index in [-0.39, 0.29) is 48.7 Å². The van der Waals surface area contributed by atoms with Gasteiger partial charge in [-0.25, -0.2) is 30.0 Å². The Morgan fingerprint density at radius 3 is 1.55 bits per heavy atom. The quantitative estimate of drug-likeness (QED) is 0.0591. The molecule has 0 aliphatic carbocycles. The van der Waals surface area contributed by atoms with E-state index >= 15 is 4.39 Å². The number of alkyl halides is 3. The zero-order valence-electron chi connectivity index (χ0n) is 29.9. The molecule has 0 aliphatic rings. The van der Waals surface area contributed by atoms with E-state index < -0.39 is 101 Å². The number of carbonyl (C=O) groups is 4. The van der Waals surface area contributed by atoms with Gasteiger partial charge in [0, 0.05) is 29.2 Å². The van der Waals surface area contributed by atoms with E-state index in [1.165, 1.54) is 24.3 Å². The van der Waals surface area contributed by atoms with Crippen molar-refractivity contribution < 1.29 is 67.1 Å². The Balaban J connectivity index is 1.28. The van der Waals surface area contributed by atoms with Crippen molar-refractivity contribution in [3.8, 4) is 0 Å². The molecule has 6 aromatic rings. The predicted molar refractivity (Wildman–Crippen MR) is 197 cm³/mol. The summed E-state index contributed by atoms with van der Waals surface area (Å²) in [5.41, 5.74) is -3.24. The van der Waals surface area contributed by atoms with Crippen molar-refractivity contribution >= 4 is 64.7 Å². The topological polar surface area (TPSA) is 146 Å². The van der Waals surface area contributed by atoms with Gasteiger partial charge in [-0.15, -0.1) is 0 Å². The molecular formula is C41H26F6O9S2. The molecule has 0 atom stereocenters. The predicted octanol–water partition coefficient (Wildman–Crippen LogP) is 7.55. The second kappa shape index (κ2) is 15.3. The number of hydrogen-bond acceptors (Lipinski definition) is 9. The number of rotatable bonds is 10. The minimum absolute atomic E-state index is 0.0218. The first kappa shape index (κ1) is 41.4. The Hall–Kier alpha value is -6.20. The van der Waals surface area contributed by atoms with E-state index in [2.05, 4.69) is 0 Å². The Kier molecular flexibility index (Phi) is 10.9. The van der Waals surface area contributed by atoms with Crippen molar-refractivity contribution in [2.75, 3.05) is 12.5 Å². The number of carbonyl (C=O) groups excluding carboxylic acids is 4. The minimum Gasteiger partial charge on any atom is -0.393 e. The summed E-state index contributed by atoms with van der Waals surface area (Å²) in [5, 5.41) is 0.406. The van der Waals surface area contributed by atoms with Gasteiger partial charge in [0.25, 0.3) is 0 Å². The van der Waals surface area contributed by atoms with Gasteiger partial charge in [0.15, 0.2) is 31.2 Å². The highest BCUT2D eigenvalue weighted by molar-refractivity contribution is 7.91. The third-order valence-corrected chi connectivity index (χ3v) is 11.2. The van der Waals surface area contributed by atoms with Gasteiger partial charge in [0.05, 0.1) is 33.8 Å². The highest BCUT2D eigenvalue weighted by Gasteiger charge is 2.37. The Bertz CT molecular complexity index is 2980. The van der Waals surface area contributed by atoms with Crippen LogP contribution in [-0.4, -0.2) is 52.9 Å². The van der Waals surface area contributed by atoms with Gasteiger partial charge < -0.3 is 4.74 Å². The summed E-state index contributed by atoms with van der Waals surface area (Å²) in [6, 6.07) is 16.1. The van der Waals surface area contributed by atoms with Crippen LogP contribution in [0.4, 0.5) is 26.3 Å². The second-order valence-electron chi connectivity index (χ2n) is 13.3. The van der Waals surface area contributed by atoms with Crippen molar-refractivity contribution in [3.05, 3.63) is 153 Å². The zero-order valence-corrected chi connectivity index (χ0v) is 31.5. The van der Waals surface area contributed by atoms with E-state index in [1.807, 2.05) is 0 Å². The average molecular weight is 841 g/mol. The molecule has 0 amide bonds. The van der Waals surface area contributed by atoms with Gasteiger partial charge in [-0.3, -0.25) is 19.2 Å². The Morgan fingerprint density at radius 2 is 1.09 bits per heavy atom. The summed E-state index contributed by atoms with van der Waals surface area (Å²) in [7, 11) is -8.19. The molecule has 17 heteroatoms. The molecule has 9 nitrogen and oxygen atoms in total. The van der Waals surface area contributed by atoms with Gasteiger partial charge >= 0.3 is 18.1 Å². The van der Waals surface area contributed by atoms with Crippen molar-refractivity contribution in [3.63, 3.8) is 0 Å². The molecule has 298 valence electrons. The molecule has 6 aromatic carbocycles. The van der Waals surface area contributed by atoms with Crippen molar-refractivity contribution in [1.82, 2.24) is 0 Å². The molecule has 6 rings (SSSR count). The molecular weight excluding hydrogens is 815 g/mol. The third-order valence-electron chi connectivity index (χ3n) is 8.93. The van der Waals surface area contributed by atoms with Gasteiger partial charge in [0.2, 0.25) is 0 Å². The highest BCUT2D eigenvalue weighted by atomic mass is 32.2. The summed E-state index contributed by atoms with van der Waals surface area (Å²) in [6.07, 6.45) is -5.07. The SMILES string of the molecule is CS(=O)(=O)c1ccc(C(=O)c2cc(CC(=O)OC(=O)Cc3cc(C(=O)c4ccc(S(C)(=O)=O)c(C(F)(F)F)c4)c4cc(F)ccc4c3)cc3ccc(F)cc23)c(F)c1. The average Bonchev–Trinajstić information content (AvgIpc) is 3.12. The first-order chi connectivity index (χ1) is 27.0. The molecule has 0 aromatic heterocycles. The largest absolute Gasteiger partial charge is 0.417 e. The van der Waals surface area contributed by atoms with E-state index in [4.69, 9.17) is 4.74 Å².